The quantitative estimate of drug-likeness (QED) is 0.752. The molecular formula is C11H15FN2. The highest BCUT2D eigenvalue weighted by Gasteiger charge is 2.21. The molecule has 1 heterocycles. The van der Waals surface area contributed by atoms with Gasteiger partial charge in [0.05, 0.1) is 5.69 Å². The van der Waals surface area contributed by atoms with Crippen molar-refractivity contribution in [1.29, 1.82) is 0 Å². The van der Waals surface area contributed by atoms with Gasteiger partial charge < -0.3 is 10.6 Å². The molecule has 1 aromatic carbocycles. The van der Waals surface area contributed by atoms with E-state index in [0.29, 0.717) is 11.6 Å². The Morgan fingerprint density at radius 1 is 1.57 bits per heavy atom. The molecule has 0 aliphatic carbocycles. The molecule has 0 spiro atoms. The summed E-state index contributed by atoms with van der Waals surface area (Å²) in [7, 11) is 1.93. The number of fused-ring (bicyclic) bond motifs is 1. The topological polar surface area (TPSA) is 24.1 Å². The van der Waals surface area contributed by atoms with E-state index in [2.05, 4.69) is 10.6 Å². The lowest BCUT2D eigenvalue weighted by Gasteiger charge is -2.26. The average molecular weight is 194 g/mol. The Bertz CT molecular complexity index is 325. The molecule has 1 aliphatic rings. The van der Waals surface area contributed by atoms with Gasteiger partial charge >= 0.3 is 0 Å². The predicted molar refractivity (Wildman–Crippen MR) is 56.2 cm³/mol. The van der Waals surface area contributed by atoms with Crippen molar-refractivity contribution in [3.8, 4) is 0 Å². The number of benzene rings is 1. The molecule has 2 N–H and O–H groups in total. The van der Waals surface area contributed by atoms with Crippen LogP contribution in [0.4, 0.5) is 10.1 Å². The van der Waals surface area contributed by atoms with Gasteiger partial charge in [0.25, 0.3) is 0 Å². The lowest BCUT2D eigenvalue weighted by atomic mass is 9.91. The first-order valence-corrected chi connectivity index (χ1v) is 5.00. The predicted octanol–water partition coefficient (Wildman–Crippen LogP) is 1.94. The van der Waals surface area contributed by atoms with Crippen LogP contribution in [0.2, 0.25) is 0 Å². The number of nitrogens with one attached hydrogen (secondary N) is 2. The molecule has 0 aromatic heterocycles. The summed E-state index contributed by atoms with van der Waals surface area (Å²) >= 11 is 0. The SMILES string of the molecule is CNCC1CCNc2c(F)cccc21. The number of rotatable bonds is 2. The number of anilines is 1. The molecule has 3 heteroatoms. The Morgan fingerprint density at radius 3 is 3.21 bits per heavy atom. The molecule has 76 valence electrons. The zero-order chi connectivity index (χ0) is 9.97. The van der Waals surface area contributed by atoms with Gasteiger partial charge in [0.1, 0.15) is 5.82 Å². The molecule has 2 nitrogen and oxygen atoms in total. The summed E-state index contributed by atoms with van der Waals surface area (Å²) in [6, 6.07) is 5.30. The fourth-order valence-electron chi connectivity index (χ4n) is 2.05. The van der Waals surface area contributed by atoms with Gasteiger partial charge in [-0.25, -0.2) is 4.39 Å². The summed E-state index contributed by atoms with van der Waals surface area (Å²) in [5.41, 5.74) is 1.80. The Balaban J connectivity index is 2.34. The monoisotopic (exact) mass is 194 g/mol. The minimum absolute atomic E-state index is 0.136. The second-order valence-electron chi connectivity index (χ2n) is 3.67. The Labute approximate surface area is 83.5 Å². The maximum Gasteiger partial charge on any atom is 0.146 e. The first-order chi connectivity index (χ1) is 6.83. The van der Waals surface area contributed by atoms with Crippen molar-refractivity contribution >= 4 is 5.69 Å². The van der Waals surface area contributed by atoms with Crippen LogP contribution in [0.15, 0.2) is 18.2 Å². The van der Waals surface area contributed by atoms with E-state index in [1.807, 2.05) is 13.1 Å². The van der Waals surface area contributed by atoms with Crippen LogP contribution in [0, 0.1) is 5.82 Å². The van der Waals surface area contributed by atoms with E-state index in [4.69, 9.17) is 0 Å². The van der Waals surface area contributed by atoms with Crippen molar-refractivity contribution < 1.29 is 4.39 Å². The molecular weight excluding hydrogens is 179 g/mol. The molecule has 0 saturated heterocycles. The van der Waals surface area contributed by atoms with E-state index in [0.717, 1.165) is 25.1 Å². The van der Waals surface area contributed by atoms with Crippen molar-refractivity contribution in [1.82, 2.24) is 5.32 Å². The third kappa shape index (κ3) is 1.60. The highest BCUT2D eigenvalue weighted by atomic mass is 19.1. The molecule has 0 radical (unpaired) electrons. The number of halogens is 1. The minimum atomic E-state index is -0.136. The number of hydrogen-bond donors (Lipinski definition) is 2. The van der Waals surface area contributed by atoms with E-state index in [1.165, 1.54) is 6.07 Å². The Hall–Kier alpha value is -1.09. The van der Waals surface area contributed by atoms with Crippen molar-refractivity contribution in [2.45, 2.75) is 12.3 Å². The van der Waals surface area contributed by atoms with Crippen LogP contribution in [0.3, 0.4) is 0 Å². The van der Waals surface area contributed by atoms with E-state index >= 15 is 0 Å². The van der Waals surface area contributed by atoms with E-state index in [-0.39, 0.29) is 5.82 Å². The molecule has 1 aliphatic heterocycles. The number of hydrogen-bond acceptors (Lipinski definition) is 2. The molecule has 1 atom stereocenters. The van der Waals surface area contributed by atoms with Crippen LogP contribution in [0.1, 0.15) is 17.9 Å². The van der Waals surface area contributed by atoms with Gasteiger partial charge in [0.2, 0.25) is 0 Å². The van der Waals surface area contributed by atoms with E-state index in [9.17, 15) is 4.39 Å². The van der Waals surface area contributed by atoms with Crippen LogP contribution in [-0.4, -0.2) is 20.1 Å². The third-order valence-corrected chi connectivity index (χ3v) is 2.73. The second kappa shape index (κ2) is 3.96. The fraction of sp³-hybridized carbons (Fsp3) is 0.455. The first-order valence-electron chi connectivity index (χ1n) is 5.00. The average Bonchev–Trinajstić information content (AvgIpc) is 2.20. The maximum atomic E-state index is 13.4. The lowest BCUT2D eigenvalue weighted by molar-refractivity contribution is 0.567. The number of para-hydroxylation sites is 1. The molecule has 2 rings (SSSR count). The summed E-state index contributed by atoms with van der Waals surface area (Å²) in [5.74, 6) is 0.301. The normalized spacial score (nSPS) is 20.0. The van der Waals surface area contributed by atoms with Crippen LogP contribution in [0.5, 0.6) is 0 Å². The zero-order valence-electron chi connectivity index (χ0n) is 8.31. The van der Waals surface area contributed by atoms with Crippen LogP contribution >= 0.6 is 0 Å². The van der Waals surface area contributed by atoms with E-state index < -0.39 is 0 Å². The minimum Gasteiger partial charge on any atom is -0.382 e. The molecule has 1 unspecified atom stereocenters. The van der Waals surface area contributed by atoms with Crippen LogP contribution in [0.25, 0.3) is 0 Å². The Kier molecular flexibility index (Phi) is 2.68. The van der Waals surface area contributed by atoms with Crippen molar-refractivity contribution in [3.63, 3.8) is 0 Å². The van der Waals surface area contributed by atoms with Gasteiger partial charge in [0, 0.05) is 19.0 Å². The van der Waals surface area contributed by atoms with Gasteiger partial charge in [-0.15, -0.1) is 0 Å². The summed E-state index contributed by atoms with van der Waals surface area (Å²) < 4.78 is 13.4. The van der Waals surface area contributed by atoms with Crippen LogP contribution < -0.4 is 10.6 Å². The van der Waals surface area contributed by atoms with E-state index in [1.54, 1.807) is 6.07 Å². The smallest absolute Gasteiger partial charge is 0.146 e. The largest absolute Gasteiger partial charge is 0.382 e. The third-order valence-electron chi connectivity index (χ3n) is 2.73. The van der Waals surface area contributed by atoms with Crippen molar-refractivity contribution in [2.75, 3.05) is 25.5 Å². The summed E-state index contributed by atoms with van der Waals surface area (Å²) in [4.78, 5) is 0. The maximum absolute atomic E-state index is 13.4. The highest BCUT2D eigenvalue weighted by molar-refractivity contribution is 5.56. The molecule has 0 fully saturated rings. The van der Waals surface area contributed by atoms with Crippen molar-refractivity contribution in [2.24, 2.45) is 0 Å². The molecule has 0 bridgehead atoms. The van der Waals surface area contributed by atoms with Crippen LogP contribution in [-0.2, 0) is 0 Å². The first kappa shape index (κ1) is 9.46. The van der Waals surface area contributed by atoms with Gasteiger partial charge in [-0.3, -0.25) is 0 Å². The number of likely N-dealkylation sites (N-methyl/N-ethyl adjacent to an activating group) is 1. The highest BCUT2D eigenvalue weighted by Crippen LogP contribution is 2.32. The zero-order valence-corrected chi connectivity index (χ0v) is 8.31. The summed E-state index contributed by atoms with van der Waals surface area (Å²) in [6.45, 7) is 1.78. The summed E-state index contributed by atoms with van der Waals surface area (Å²) in [5, 5.41) is 6.26. The standard InChI is InChI=1S/C11H15FN2/c1-13-7-8-5-6-14-11-9(8)3-2-4-10(11)12/h2-4,8,13-14H,5-7H2,1H3. The molecule has 0 saturated carbocycles. The fourth-order valence-corrected chi connectivity index (χ4v) is 2.05. The second-order valence-corrected chi connectivity index (χ2v) is 3.67. The van der Waals surface area contributed by atoms with Gasteiger partial charge in [-0.2, -0.15) is 0 Å². The molecule has 1 aromatic rings. The lowest BCUT2D eigenvalue weighted by Crippen LogP contribution is -2.25. The Morgan fingerprint density at radius 2 is 2.43 bits per heavy atom. The van der Waals surface area contributed by atoms with Gasteiger partial charge in [0.15, 0.2) is 0 Å². The summed E-state index contributed by atoms with van der Waals surface area (Å²) in [6.07, 6.45) is 1.07. The van der Waals surface area contributed by atoms with Crippen molar-refractivity contribution in [3.05, 3.63) is 29.6 Å². The molecule has 0 amide bonds. The van der Waals surface area contributed by atoms with Gasteiger partial charge in [-0.05, 0) is 25.1 Å². The van der Waals surface area contributed by atoms with Gasteiger partial charge in [-0.1, -0.05) is 12.1 Å². The molecule has 14 heavy (non-hydrogen) atoms.